The third kappa shape index (κ3) is 5.84. The van der Waals surface area contributed by atoms with Crippen LogP contribution in [0.1, 0.15) is 37.8 Å². The molecule has 1 aromatic rings. The molecular weight excluding hydrogens is 389 g/mol. The fourth-order valence-corrected chi connectivity index (χ4v) is 4.83. The standard InChI is InChI=1S/C17H24ClF3N2O2S/c1-3-16(13-4-6-14(18)7-5-13)22-10-8-15(9-11-22)23(26(2,24)25)12-17(19,20)21/h4-7,15-16H,3,8-12H2,1-2H3. The van der Waals surface area contributed by atoms with E-state index in [2.05, 4.69) is 11.8 Å². The third-order valence-electron chi connectivity index (χ3n) is 4.75. The van der Waals surface area contributed by atoms with Gasteiger partial charge in [0.1, 0.15) is 6.54 Å². The summed E-state index contributed by atoms with van der Waals surface area (Å²) in [5.74, 6) is 0. The second kappa shape index (κ2) is 8.46. The Labute approximate surface area is 158 Å². The summed E-state index contributed by atoms with van der Waals surface area (Å²) < 4.78 is 62.6. The molecule has 0 spiro atoms. The van der Waals surface area contributed by atoms with Crippen LogP contribution in [0.3, 0.4) is 0 Å². The number of likely N-dealkylation sites (tertiary alicyclic amines) is 1. The molecule has 0 amide bonds. The summed E-state index contributed by atoms with van der Waals surface area (Å²) in [6.07, 6.45) is -2.09. The van der Waals surface area contributed by atoms with Crippen LogP contribution in [0.15, 0.2) is 24.3 Å². The SMILES string of the molecule is CCC(c1ccc(Cl)cc1)N1CCC(N(CC(F)(F)F)S(C)(=O)=O)CC1. The average molecular weight is 413 g/mol. The van der Waals surface area contributed by atoms with Gasteiger partial charge in [-0.15, -0.1) is 0 Å². The zero-order valence-electron chi connectivity index (χ0n) is 14.8. The fourth-order valence-electron chi connectivity index (χ4n) is 3.57. The van der Waals surface area contributed by atoms with E-state index in [1.807, 2.05) is 24.3 Å². The molecule has 26 heavy (non-hydrogen) atoms. The molecule has 1 aromatic carbocycles. The zero-order valence-corrected chi connectivity index (χ0v) is 16.4. The van der Waals surface area contributed by atoms with Crippen LogP contribution in [0.4, 0.5) is 13.2 Å². The number of hydrogen-bond acceptors (Lipinski definition) is 3. The number of piperidine rings is 1. The van der Waals surface area contributed by atoms with Crippen LogP contribution in [0.5, 0.6) is 0 Å². The highest BCUT2D eigenvalue weighted by atomic mass is 35.5. The first-order valence-corrected chi connectivity index (χ1v) is 10.8. The highest BCUT2D eigenvalue weighted by molar-refractivity contribution is 7.88. The molecule has 9 heteroatoms. The Bertz CT molecular complexity index is 687. The Balaban J connectivity index is 2.07. The monoisotopic (exact) mass is 412 g/mol. The molecule has 0 radical (unpaired) electrons. The first kappa shape index (κ1) is 21.5. The van der Waals surface area contributed by atoms with Crippen molar-refractivity contribution in [1.29, 1.82) is 0 Å². The van der Waals surface area contributed by atoms with Gasteiger partial charge in [-0.2, -0.15) is 17.5 Å². The lowest BCUT2D eigenvalue weighted by Gasteiger charge is -2.40. The minimum absolute atomic E-state index is 0.141. The van der Waals surface area contributed by atoms with Crippen LogP contribution < -0.4 is 0 Å². The molecule has 0 bridgehead atoms. The molecule has 1 unspecified atom stereocenters. The van der Waals surface area contributed by atoms with Crippen molar-refractivity contribution >= 4 is 21.6 Å². The van der Waals surface area contributed by atoms with Gasteiger partial charge >= 0.3 is 6.18 Å². The van der Waals surface area contributed by atoms with Crippen molar-refractivity contribution in [2.24, 2.45) is 0 Å². The van der Waals surface area contributed by atoms with Gasteiger partial charge in [0.25, 0.3) is 0 Å². The van der Waals surface area contributed by atoms with Gasteiger partial charge in [0.2, 0.25) is 10.0 Å². The lowest BCUT2D eigenvalue weighted by Crippen LogP contribution is -2.50. The quantitative estimate of drug-likeness (QED) is 0.706. The highest BCUT2D eigenvalue weighted by Crippen LogP contribution is 2.31. The van der Waals surface area contributed by atoms with E-state index < -0.39 is 28.8 Å². The van der Waals surface area contributed by atoms with Crippen molar-refractivity contribution in [3.8, 4) is 0 Å². The minimum atomic E-state index is -4.55. The number of benzene rings is 1. The van der Waals surface area contributed by atoms with Gasteiger partial charge in [0.15, 0.2) is 0 Å². The Morgan fingerprint density at radius 1 is 1.23 bits per heavy atom. The van der Waals surface area contributed by atoms with Crippen molar-refractivity contribution in [3.05, 3.63) is 34.9 Å². The first-order valence-electron chi connectivity index (χ1n) is 8.54. The van der Waals surface area contributed by atoms with E-state index >= 15 is 0 Å². The maximum Gasteiger partial charge on any atom is 0.402 e. The summed E-state index contributed by atoms with van der Waals surface area (Å²) in [5, 5.41) is 0.651. The van der Waals surface area contributed by atoms with Crippen LogP contribution >= 0.6 is 11.6 Å². The Morgan fingerprint density at radius 2 is 1.77 bits per heavy atom. The summed E-state index contributed by atoms with van der Waals surface area (Å²) in [5.41, 5.74) is 1.10. The maximum atomic E-state index is 12.8. The normalized spacial score (nSPS) is 19.0. The lowest BCUT2D eigenvalue weighted by molar-refractivity contribution is -0.140. The molecule has 1 heterocycles. The molecule has 1 aliphatic heterocycles. The smallest absolute Gasteiger partial charge is 0.296 e. The molecule has 1 atom stereocenters. The third-order valence-corrected chi connectivity index (χ3v) is 6.28. The van der Waals surface area contributed by atoms with Gasteiger partial charge in [-0.1, -0.05) is 30.7 Å². The van der Waals surface area contributed by atoms with Crippen LogP contribution in [0.2, 0.25) is 5.02 Å². The van der Waals surface area contributed by atoms with Crippen molar-refractivity contribution in [1.82, 2.24) is 9.21 Å². The number of alkyl halides is 3. The number of sulfonamides is 1. The Morgan fingerprint density at radius 3 is 2.19 bits per heavy atom. The van der Waals surface area contributed by atoms with Crippen LogP contribution in [0, 0.1) is 0 Å². The molecule has 2 rings (SSSR count). The van der Waals surface area contributed by atoms with Crippen LogP contribution in [-0.4, -0.2) is 55.7 Å². The lowest BCUT2D eigenvalue weighted by atomic mass is 9.97. The second-order valence-corrected chi connectivity index (χ2v) is 9.04. The summed E-state index contributed by atoms with van der Waals surface area (Å²) in [6, 6.07) is 7.07. The van der Waals surface area contributed by atoms with Gasteiger partial charge < -0.3 is 0 Å². The first-order chi connectivity index (χ1) is 12.0. The number of halogens is 4. The van der Waals surface area contributed by atoms with Crippen LogP contribution in [0.25, 0.3) is 0 Å². The van der Waals surface area contributed by atoms with Gasteiger partial charge in [-0.05, 0) is 37.0 Å². The van der Waals surface area contributed by atoms with E-state index in [1.165, 1.54) is 0 Å². The predicted molar refractivity (Wildman–Crippen MR) is 96.7 cm³/mol. The average Bonchev–Trinajstić information content (AvgIpc) is 2.54. The number of nitrogens with zero attached hydrogens (tertiary/aromatic N) is 2. The van der Waals surface area contributed by atoms with E-state index in [9.17, 15) is 21.6 Å². The Hall–Kier alpha value is -0.830. The summed E-state index contributed by atoms with van der Waals surface area (Å²) >= 11 is 5.93. The highest BCUT2D eigenvalue weighted by Gasteiger charge is 2.40. The second-order valence-electron chi connectivity index (χ2n) is 6.67. The molecule has 4 nitrogen and oxygen atoms in total. The summed E-state index contributed by atoms with van der Waals surface area (Å²) in [7, 11) is -3.92. The molecule has 148 valence electrons. The van der Waals surface area contributed by atoms with Gasteiger partial charge in [0.05, 0.1) is 6.26 Å². The zero-order chi connectivity index (χ0) is 19.5. The van der Waals surface area contributed by atoms with Gasteiger partial charge in [0, 0.05) is 30.2 Å². The molecule has 1 saturated heterocycles. The molecule has 0 saturated carbocycles. The fraction of sp³-hybridized carbons (Fsp3) is 0.647. The van der Waals surface area contributed by atoms with Gasteiger partial charge in [-0.25, -0.2) is 8.42 Å². The van der Waals surface area contributed by atoms with Crippen molar-refractivity contribution in [2.45, 2.75) is 44.4 Å². The maximum absolute atomic E-state index is 12.8. The van der Waals surface area contributed by atoms with E-state index in [0.29, 0.717) is 35.3 Å². The Kier molecular flexibility index (Phi) is 6.98. The van der Waals surface area contributed by atoms with E-state index in [4.69, 9.17) is 11.6 Å². The summed E-state index contributed by atoms with van der Waals surface area (Å²) in [4.78, 5) is 2.20. The van der Waals surface area contributed by atoms with Crippen molar-refractivity contribution < 1.29 is 21.6 Å². The topological polar surface area (TPSA) is 40.6 Å². The number of rotatable bonds is 6. The largest absolute Gasteiger partial charge is 0.402 e. The van der Waals surface area contributed by atoms with E-state index in [0.717, 1.165) is 18.2 Å². The predicted octanol–water partition coefficient (Wildman–Crippen LogP) is 4.08. The van der Waals surface area contributed by atoms with E-state index in [-0.39, 0.29) is 6.04 Å². The van der Waals surface area contributed by atoms with Crippen molar-refractivity contribution in [3.63, 3.8) is 0 Å². The molecule has 0 N–H and O–H groups in total. The van der Waals surface area contributed by atoms with Crippen LogP contribution in [-0.2, 0) is 10.0 Å². The number of hydrogen-bond donors (Lipinski definition) is 0. The molecule has 1 aliphatic rings. The summed E-state index contributed by atoms with van der Waals surface area (Å²) in [6.45, 7) is 1.73. The molecule has 0 aromatic heterocycles. The molecule has 0 aliphatic carbocycles. The van der Waals surface area contributed by atoms with Crippen molar-refractivity contribution in [2.75, 3.05) is 25.9 Å². The van der Waals surface area contributed by atoms with E-state index in [1.54, 1.807) is 0 Å². The van der Waals surface area contributed by atoms with Gasteiger partial charge in [-0.3, -0.25) is 4.90 Å². The minimum Gasteiger partial charge on any atom is -0.296 e. The molecular formula is C17H24ClF3N2O2S. The molecule has 1 fully saturated rings.